The number of hydrogen-bond acceptors (Lipinski definition) is 1. The van der Waals surface area contributed by atoms with Crippen molar-refractivity contribution in [2.45, 2.75) is 26.8 Å². The van der Waals surface area contributed by atoms with Crippen molar-refractivity contribution in [3.8, 4) is 11.3 Å². The summed E-state index contributed by atoms with van der Waals surface area (Å²) in [5.41, 5.74) is 8.75. The number of rotatable bonds is 7. The molecule has 0 saturated carbocycles. The van der Waals surface area contributed by atoms with Crippen LogP contribution in [0.25, 0.3) is 28.0 Å². The Hall–Kier alpha value is -3.37. The summed E-state index contributed by atoms with van der Waals surface area (Å²) in [4.78, 5) is 12.2. The molecule has 2 N–H and O–H groups in total. The Labute approximate surface area is 198 Å². The van der Waals surface area contributed by atoms with E-state index in [0.29, 0.717) is 29.2 Å². The maximum absolute atomic E-state index is 15.9. The molecular formula is C28H26ClFN2O. The van der Waals surface area contributed by atoms with Crippen LogP contribution in [0.2, 0.25) is 5.02 Å². The van der Waals surface area contributed by atoms with Crippen LogP contribution in [0.3, 0.4) is 0 Å². The number of benzene rings is 3. The summed E-state index contributed by atoms with van der Waals surface area (Å²) in [6, 6.07) is 24.8. The number of carbonyl (C=O) groups excluding carboxylic acids is 1. The molecule has 1 aromatic heterocycles. The van der Waals surface area contributed by atoms with E-state index in [1.807, 2.05) is 71.3 Å². The Kier molecular flexibility index (Phi) is 6.39. The highest BCUT2D eigenvalue weighted by Gasteiger charge is 2.30. The lowest BCUT2D eigenvalue weighted by atomic mass is 9.92. The first-order chi connectivity index (χ1) is 15.8. The van der Waals surface area contributed by atoms with Crippen LogP contribution in [-0.2, 0) is 17.8 Å². The maximum atomic E-state index is 15.9. The summed E-state index contributed by atoms with van der Waals surface area (Å²) in [5, 5.41) is 1.38. The van der Waals surface area contributed by atoms with Crippen LogP contribution in [0.4, 0.5) is 4.39 Å². The van der Waals surface area contributed by atoms with Gasteiger partial charge in [0.25, 0.3) is 0 Å². The normalized spacial score (nSPS) is 12.3. The Morgan fingerprint density at radius 2 is 1.64 bits per heavy atom. The number of nitrogens with two attached hydrogens (primary N) is 1. The minimum atomic E-state index is -0.829. The highest BCUT2D eigenvalue weighted by molar-refractivity contribution is 6.30. The third kappa shape index (κ3) is 4.71. The van der Waals surface area contributed by atoms with Crippen LogP contribution in [0.15, 0.2) is 84.9 Å². The molecule has 168 valence electrons. The Morgan fingerprint density at radius 1 is 1.00 bits per heavy atom. The zero-order valence-electron chi connectivity index (χ0n) is 18.7. The molecule has 0 aliphatic rings. The fraction of sp³-hybridized carbons (Fsp3) is 0.179. The first kappa shape index (κ1) is 22.8. The van der Waals surface area contributed by atoms with E-state index in [4.69, 9.17) is 17.3 Å². The zero-order chi connectivity index (χ0) is 23.6. The summed E-state index contributed by atoms with van der Waals surface area (Å²) in [7, 11) is 0. The zero-order valence-corrected chi connectivity index (χ0v) is 19.4. The molecule has 5 heteroatoms. The van der Waals surface area contributed by atoms with Crippen LogP contribution < -0.4 is 5.73 Å². The second-order valence-electron chi connectivity index (χ2n) is 8.82. The summed E-state index contributed by atoms with van der Waals surface area (Å²) in [6.07, 6.45) is 2.08. The molecule has 33 heavy (non-hydrogen) atoms. The average molecular weight is 461 g/mol. The average Bonchev–Trinajstić information content (AvgIpc) is 3.12. The van der Waals surface area contributed by atoms with Gasteiger partial charge in [-0.05, 0) is 55.7 Å². The summed E-state index contributed by atoms with van der Waals surface area (Å²) in [5.74, 6) is -0.723. The third-order valence-electron chi connectivity index (χ3n) is 5.91. The number of halogens is 2. The minimum absolute atomic E-state index is 0.310. The van der Waals surface area contributed by atoms with E-state index in [0.717, 1.165) is 22.0 Å². The highest BCUT2D eigenvalue weighted by atomic mass is 35.5. The molecule has 0 spiro atoms. The molecule has 0 saturated heterocycles. The molecule has 0 aliphatic carbocycles. The molecule has 0 fully saturated rings. The van der Waals surface area contributed by atoms with Crippen molar-refractivity contribution in [3.63, 3.8) is 0 Å². The van der Waals surface area contributed by atoms with Crippen LogP contribution in [0.5, 0.6) is 0 Å². The van der Waals surface area contributed by atoms with E-state index in [1.54, 1.807) is 32.1 Å². The van der Waals surface area contributed by atoms with Crippen LogP contribution in [0, 0.1) is 5.41 Å². The molecule has 0 unspecified atom stereocenters. The topological polar surface area (TPSA) is 48.0 Å². The Balaban J connectivity index is 1.95. The van der Waals surface area contributed by atoms with Crippen LogP contribution in [-0.4, -0.2) is 10.5 Å². The van der Waals surface area contributed by atoms with E-state index in [1.165, 1.54) is 0 Å². The molecule has 0 radical (unpaired) electrons. The number of hydrogen-bond donors (Lipinski definition) is 1. The van der Waals surface area contributed by atoms with Gasteiger partial charge in [0.05, 0.1) is 11.1 Å². The summed E-state index contributed by atoms with van der Waals surface area (Å²) in [6.45, 7) is 3.92. The predicted molar refractivity (Wildman–Crippen MR) is 135 cm³/mol. The monoisotopic (exact) mass is 460 g/mol. The molecular weight excluding hydrogens is 435 g/mol. The molecule has 0 aliphatic heterocycles. The van der Waals surface area contributed by atoms with Crippen molar-refractivity contribution in [1.82, 2.24) is 4.57 Å². The number of para-hydroxylation sites is 1. The standard InChI is InChI=1S/C28H26ClFN2O/c1-28(2,27(31)33)18-32-24-11-7-6-10-22(24)25(26(32)20-13-15-21(29)16-14-20)23(30)17-12-19-8-4-3-5-9-19/h3-11,13-17H,12,18H2,1-2H3,(H2,31,33)/b23-17-. The smallest absolute Gasteiger partial charge is 0.224 e. The van der Waals surface area contributed by atoms with E-state index in [9.17, 15) is 4.79 Å². The molecule has 0 atom stereocenters. The van der Waals surface area contributed by atoms with E-state index < -0.39 is 11.3 Å². The van der Waals surface area contributed by atoms with Gasteiger partial charge in [-0.2, -0.15) is 0 Å². The highest BCUT2D eigenvalue weighted by Crippen LogP contribution is 2.40. The molecule has 4 rings (SSSR count). The van der Waals surface area contributed by atoms with Gasteiger partial charge in [-0.25, -0.2) is 4.39 Å². The molecule has 4 aromatic rings. The number of amides is 1. The van der Waals surface area contributed by atoms with Crippen molar-refractivity contribution >= 4 is 34.2 Å². The Morgan fingerprint density at radius 3 is 2.30 bits per heavy atom. The van der Waals surface area contributed by atoms with Crippen molar-refractivity contribution in [2.75, 3.05) is 0 Å². The number of nitrogens with zero attached hydrogens (tertiary/aromatic N) is 1. The molecule has 1 amide bonds. The van der Waals surface area contributed by atoms with Gasteiger partial charge in [0.2, 0.25) is 5.91 Å². The van der Waals surface area contributed by atoms with Gasteiger partial charge in [0.15, 0.2) is 0 Å². The number of allylic oxidation sites excluding steroid dienone is 1. The van der Waals surface area contributed by atoms with E-state index >= 15 is 4.39 Å². The molecule has 0 bridgehead atoms. The lowest BCUT2D eigenvalue weighted by Crippen LogP contribution is -2.35. The van der Waals surface area contributed by atoms with E-state index in [-0.39, 0.29) is 5.83 Å². The van der Waals surface area contributed by atoms with Gasteiger partial charge in [0.1, 0.15) is 5.83 Å². The van der Waals surface area contributed by atoms with Crippen LogP contribution in [0.1, 0.15) is 25.0 Å². The predicted octanol–water partition coefficient (Wildman–Crippen LogP) is 7.03. The Bertz CT molecular complexity index is 1320. The number of aromatic nitrogens is 1. The minimum Gasteiger partial charge on any atom is -0.369 e. The number of primary amides is 1. The van der Waals surface area contributed by atoms with Gasteiger partial charge in [-0.3, -0.25) is 4.79 Å². The third-order valence-corrected chi connectivity index (χ3v) is 6.16. The fourth-order valence-corrected chi connectivity index (χ4v) is 4.14. The quantitative estimate of drug-likeness (QED) is 0.316. The van der Waals surface area contributed by atoms with Crippen molar-refractivity contribution in [3.05, 3.63) is 101 Å². The second kappa shape index (κ2) is 9.24. The van der Waals surface area contributed by atoms with Gasteiger partial charge >= 0.3 is 0 Å². The fourth-order valence-electron chi connectivity index (χ4n) is 4.01. The van der Waals surface area contributed by atoms with Gasteiger partial charge < -0.3 is 10.3 Å². The second-order valence-corrected chi connectivity index (χ2v) is 9.26. The van der Waals surface area contributed by atoms with Crippen molar-refractivity contribution in [2.24, 2.45) is 11.1 Å². The van der Waals surface area contributed by atoms with Crippen molar-refractivity contribution in [1.29, 1.82) is 0 Å². The number of fused-ring (bicyclic) bond motifs is 1. The maximum Gasteiger partial charge on any atom is 0.224 e. The summed E-state index contributed by atoms with van der Waals surface area (Å²) >= 11 is 6.13. The van der Waals surface area contributed by atoms with Crippen molar-refractivity contribution < 1.29 is 9.18 Å². The van der Waals surface area contributed by atoms with Crippen LogP contribution >= 0.6 is 11.6 Å². The summed E-state index contributed by atoms with van der Waals surface area (Å²) < 4.78 is 17.9. The molecule has 1 heterocycles. The first-order valence-electron chi connectivity index (χ1n) is 10.8. The van der Waals surface area contributed by atoms with Gasteiger partial charge in [-0.15, -0.1) is 0 Å². The first-order valence-corrected chi connectivity index (χ1v) is 11.2. The molecule has 3 aromatic carbocycles. The van der Waals surface area contributed by atoms with Gasteiger partial charge in [-0.1, -0.05) is 72.3 Å². The molecule has 3 nitrogen and oxygen atoms in total. The lowest BCUT2D eigenvalue weighted by Gasteiger charge is -2.24. The lowest BCUT2D eigenvalue weighted by molar-refractivity contribution is -0.126. The SMILES string of the molecule is CC(C)(Cn1c(-c2ccc(Cl)cc2)c(/C(F)=C/Cc2ccccc2)c2ccccc21)C(N)=O. The largest absolute Gasteiger partial charge is 0.369 e. The van der Waals surface area contributed by atoms with E-state index in [2.05, 4.69) is 0 Å². The van der Waals surface area contributed by atoms with Gasteiger partial charge in [0, 0.05) is 28.0 Å². The number of carbonyl (C=O) groups is 1.